The molecule has 0 radical (unpaired) electrons. The summed E-state index contributed by atoms with van der Waals surface area (Å²) in [5.74, 6) is 0.323. The second-order valence-corrected chi connectivity index (χ2v) is 7.41. The molecule has 0 saturated heterocycles. The van der Waals surface area contributed by atoms with Crippen molar-refractivity contribution in [2.45, 2.75) is 30.7 Å². The van der Waals surface area contributed by atoms with Crippen molar-refractivity contribution in [1.29, 1.82) is 0 Å². The molecule has 0 saturated carbocycles. The fourth-order valence-electron chi connectivity index (χ4n) is 2.80. The predicted molar refractivity (Wildman–Crippen MR) is 95.2 cm³/mol. The number of rotatable bonds is 4. The van der Waals surface area contributed by atoms with Gasteiger partial charge in [0.1, 0.15) is 0 Å². The monoisotopic (exact) mass is 344 g/mol. The summed E-state index contributed by atoms with van der Waals surface area (Å²) >= 11 is 0. The van der Waals surface area contributed by atoms with Crippen molar-refractivity contribution < 1.29 is 8.42 Å². The molecule has 0 unspecified atom stereocenters. The summed E-state index contributed by atoms with van der Waals surface area (Å²) in [6.07, 6.45) is 3.46. The zero-order valence-corrected chi connectivity index (χ0v) is 14.0. The van der Waals surface area contributed by atoms with Crippen LogP contribution in [0.25, 0.3) is 0 Å². The minimum absolute atomic E-state index is 0.0828. The lowest BCUT2D eigenvalue weighted by molar-refractivity contribution is 0.598. The summed E-state index contributed by atoms with van der Waals surface area (Å²) in [5, 5.41) is 8.16. The van der Waals surface area contributed by atoms with Gasteiger partial charge in [-0.2, -0.15) is 0 Å². The van der Waals surface area contributed by atoms with E-state index >= 15 is 0 Å². The molecule has 0 aromatic heterocycles. The molecule has 2 aromatic carbocycles. The lowest BCUT2D eigenvalue weighted by Gasteiger charge is -2.08. The first kappa shape index (κ1) is 16.5. The second-order valence-electron chi connectivity index (χ2n) is 5.85. The van der Waals surface area contributed by atoms with E-state index in [1.54, 1.807) is 12.1 Å². The number of aliphatic imine (C=N–C) groups is 1. The maximum atomic E-state index is 11.2. The molecule has 0 aliphatic heterocycles. The number of aryl methyl sites for hydroxylation is 2. The third-order valence-corrected chi connectivity index (χ3v) is 4.98. The van der Waals surface area contributed by atoms with Gasteiger partial charge in [0.05, 0.1) is 11.4 Å². The fourth-order valence-corrected chi connectivity index (χ4v) is 3.31. The molecule has 0 atom stereocenters. The lowest BCUT2D eigenvalue weighted by Crippen LogP contribution is -2.22. The number of primary sulfonamides is 1. The maximum Gasteiger partial charge on any atom is 0.238 e. The van der Waals surface area contributed by atoms with E-state index < -0.39 is 10.0 Å². The summed E-state index contributed by atoms with van der Waals surface area (Å²) in [7, 11) is -3.67. The van der Waals surface area contributed by atoms with Gasteiger partial charge in [-0.05, 0) is 60.2 Å². The first-order chi connectivity index (χ1) is 11.4. The zero-order valence-electron chi connectivity index (χ0n) is 13.2. The average molecular weight is 344 g/mol. The number of anilines is 1. The highest BCUT2D eigenvalue weighted by atomic mass is 32.2. The number of fused-ring (bicyclic) bond motifs is 1. The van der Waals surface area contributed by atoms with Crippen molar-refractivity contribution in [3.63, 3.8) is 0 Å². The van der Waals surface area contributed by atoms with Gasteiger partial charge in [0, 0.05) is 5.69 Å². The average Bonchev–Trinajstić information content (AvgIpc) is 3.00. The largest absolute Gasteiger partial charge is 0.370 e. The third kappa shape index (κ3) is 3.93. The first-order valence-electron chi connectivity index (χ1n) is 7.72. The van der Waals surface area contributed by atoms with Gasteiger partial charge in [0.25, 0.3) is 0 Å². The van der Waals surface area contributed by atoms with Crippen LogP contribution in [0.15, 0.2) is 52.4 Å². The number of nitrogens with zero attached hydrogens (tertiary/aromatic N) is 1. The van der Waals surface area contributed by atoms with Gasteiger partial charge in [0.15, 0.2) is 5.96 Å². The minimum atomic E-state index is -3.67. The zero-order chi connectivity index (χ0) is 17.2. The van der Waals surface area contributed by atoms with Gasteiger partial charge < -0.3 is 11.1 Å². The van der Waals surface area contributed by atoms with Crippen LogP contribution in [0.2, 0.25) is 0 Å². The van der Waals surface area contributed by atoms with E-state index in [4.69, 9.17) is 10.9 Å². The van der Waals surface area contributed by atoms with Gasteiger partial charge in [0.2, 0.25) is 10.0 Å². The van der Waals surface area contributed by atoms with Gasteiger partial charge in [-0.3, -0.25) is 0 Å². The molecule has 0 bridgehead atoms. The quantitative estimate of drug-likeness (QED) is 0.579. The summed E-state index contributed by atoms with van der Waals surface area (Å²) < 4.78 is 22.4. The number of nitrogens with two attached hydrogens (primary N) is 2. The maximum absolute atomic E-state index is 11.2. The van der Waals surface area contributed by atoms with E-state index in [0.717, 1.165) is 24.1 Å². The molecule has 1 aliphatic carbocycles. The van der Waals surface area contributed by atoms with Crippen LogP contribution in [0.5, 0.6) is 0 Å². The molecule has 1 aliphatic rings. The number of hydrogen-bond donors (Lipinski definition) is 3. The Morgan fingerprint density at radius 2 is 1.79 bits per heavy atom. The first-order valence-corrected chi connectivity index (χ1v) is 9.27. The summed E-state index contributed by atoms with van der Waals surface area (Å²) in [6.45, 7) is 0.356. The SMILES string of the molecule is NC(=NCc1ccc(S(N)(=O)=O)cc1)Nc1ccc2c(c1)CCC2. The topological polar surface area (TPSA) is 111 Å². The third-order valence-electron chi connectivity index (χ3n) is 4.05. The summed E-state index contributed by atoms with van der Waals surface area (Å²) in [6, 6.07) is 12.5. The Hall–Kier alpha value is -2.38. The number of benzene rings is 2. The molecule has 0 heterocycles. The highest BCUT2D eigenvalue weighted by Crippen LogP contribution is 2.24. The van der Waals surface area contributed by atoms with Crippen molar-refractivity contribution in [2.24, 2.45) is 15.9 Å². The molecule has 0 fully saturated rings. The molecule has 3 rings (SSSR count). The molecule has 6 nitrogen and oxygen atoms in total. The van der Waals surface area contributed by atoms with Crippen LogP contribution in [0, 0.1) is 0 Å². The van der Waals surface area contributed by atoms with E-state index in [0.29, 0.717) is 12.5 Å². The molecule has 2 aromatic rings. The van der Waals surface area contributed by atoms with Gasteiger partial charge >= 0.3 is 0 Å². The molecule has 5 N–H and O–H groups in total. The van der Waals surface area contributed by atoms with E-state index in [2.05, 4.69) is 22.4 Å². The lowest BCUT2D eigenvalue weighted by atomic mass is 10.1. The van der Waals surface area contributed by atoms with E-state index in [9.17, 15) is 8.42 Å². The van der Waals surface area contributed by atoms with Gasteiger partial charge in [-0.1, -0.05) is 18.2 Å². The van der Waals surface area contributed by atoms with E-state index in [1.807, 2.05) is 6.07 Å². The molecule has 24 heavy (non-hydrogen) atoms. The smallest absolute Gasteiger partial charge is 0.238 e. The normalized spacial score (nSPS) is 14.5. The van der Waals surface area contributed by atoms with Gasteiger partial charge in [-0.15, -0.1) is 0 Å². The van der Waals surface area contributed by atoms with Gasteiger partial charge in [-0.25, -0.2) is 18.5 Å². The minimum Gasteiger partial charge on any atom is -0.370 e. The summed E-state index contributed by atoms with van der Waals surface area (Å²) in [4.78, 5) is 4.36. The molecule has 0 amide bonds. The Balaban J connectivity index is 1.64. The van der Waals surface area contributed by atoms with Crippen LogP contribution in [0.4, 0.5) is 5.69 Å². The fraction of sp³-hybridized carbons (Fsp3) is 0.235. The van der Waals surface area contributed by atoms with Crippen LogP contribution in [0.1, 0.15) is 23.1 Å². The number of sulfonamides is 1. The highest BCUT2D eigenvalue weighted by molar-refractivity contribution is 7.89. The van der Waals surface area contributed by atoms with Crippen molar-refractivity contribution in [1.82, 2.24) is 0 Å². The Kier molecular flexibility index (Phi) is 4.55. The molecule has 7 heteroatoms. The van der Waals surface area contributed by atoms with Crippen molar-refractivity contribution in [2.75, 3.05) is 5.32 Å². The Labute approximate surface area is 141 Å². The Morgan fingerprint density at radius 3 is 2.50 bits per heavy atom. The molecular formula is C17H20N4O2S. The number of hydrogen-bond acceptors (Lipinski definition) is 3. The summed E-state index contributed by atoms with van der Waals surface area (Å²) in [5.41, 5.74) is 10.5. The van der Waals surface area contributed by atoms with Crippen molar-refractivity contribution >= 4 is 21.7 Å². The highest BCUT2D eigenvalue weighted by Gasteiger charge is 2.11. The standard InChI is InChI=1S/C17H20N4O2S/c18-17(21-15-7-6-13-2-1-3-14(13)10-15)20-11-12-4-8-16(9-5-12)24(19,22)23/h4-10H,1-3,11H2,(H3,18,20,21)(H2,19,22,23). The van der Waals surface area contributed by atoms with Crippen LogP contribution in [-0.4, -0.2) is 14.4 Å². The van der Waals surface area contributed by atoms with Crippen LogP contribution >= 0.6 is 0 Å². The number of nitrogens with one attached hydrogen (secondary N) is 1. The predicted octanol–water partition coefficient (Wildman–Crippen LogP) is 1.75. The Bertz CT molecular complexity index is 874. The van der Waals surface area contributed by atoms with Crippen LogP contribution in [0.3, 0.4) is 0 Å². The molecular weight excluding hydrogens is 324 g/mol. The van der Waals surface area contributed by atoms with Crippen LogP contribution < -0.4 is 16.2 Å². The van der Waals surface area contributed by atoms with Crippen LogP contribution in [-0.2, 0) is 29.4 Å². The molecule has 126 valence electrons. The Morgan fingerprint density at radius 1 is 1.08 bits per heavy atom. The van der Waals surface area contributed by atoms with Crippen molar-refractivity contribution in [3.05, 3.63) is 59.2 Å². The second kappa shape index (κ2) is 6.62. The van der Waals surface area contributed by atoms with E-state index in [1.165, 1.54) is 29.7 Å². The number of guanidine groups is 1. The molecule has 0 spiro atoms. The van der Waals surface area contributed by atoms with Crippen molar-refractivity contribution in [3.8, 4) is 0 Å². The van der Waals surface area contributed by atoms with E-state index in [-0.39, 0.29) is 4.90 Å².